The Morgan fingerprint density at radius 3 is 2.43 bits per heavy atom. The number of aromatic amines is 2. The van der Waals surface area contributed by atoms with Gasteiger partial charge in [0.25, 0.3) is 0 Å². The van der Waals surface area contributed by atoms with E-state index in [4.69, 9.17) is 4.98 Å². The van der Waals surface area contributed by atoms with Crippen molar-refractivity contribution in [2.75, 3.05) is 0 Å². The molecule has 0 spiro atoms. The van der Waals surface area contributed by atoms with Crippen LogP contribution in [-0.4, -0.2) is 15.0 Å². The topological polar surface area (TPSA) is 44.5 Å². The number of nitrogens with zero attached hydrogens (tertiary/aromatic N) is 1. The highest BCUT2D eigenvalue weighted by molar-refractivity contribution is 7.13. The fourth-order valence-electron chi connectivity index (χ4n) is 3.06. The first kappa shape index (κ1) is 12.7. The van der Waals surface area contributed by atoms with Gasteiger partial charge in [-0.3, -0.25) is 0 Å². The van der Waals surface area contributed by atoms with Crippen LogP contribution in [0.25, 0.3) is 43.9 Å². The third kappa shape index (κ3) is 1.92. The van der Waals surface area contributed by atoms with Crippen LogP contribution >= 0.6 is 11.3 Å². The molecule has 4 heteroatoms. The average molecular weight is 315 g/mol. The molecule has 2 aromatic carbocycles. The predicted octanol–water partition coefficient (Wildman–Crippen LogP) is 5.44. The van der Waals surface area contributed by atoms with Gasteiger partial charge in [0.1, 0.15) is 5.82 Å². The van der Waals surface area contributed by atoms with Crippen LogP contribution in [0.15, 0.2) is 66.0 Å². The second-order valence-corrected chi connectivity index (χ2v) is 6.45. The van der Waals surface area contributed by atoms with Crippen molar-refractivity contribution in [1.29, 1.82) is 0 Å². The summed E-state index contributed by atoms with van der Waals surface area (Å²) in [5.74, 6) is 0.909. The van der Waals surface area contributed by atoms with Crippen molar-refractivity contribution >= 4 is 33.3 Å². The number of benzene rings is 2. The molecule has 0 aliphatic heterocycles. The summed E-state index contributed by atoms with van der Waals surface area (Å²) < 4.78 is 0. The van der Waals surface area contributed by atoms with E-state index in [1.165, 1.54) is 10.3 Å². The summed E-state index contributed by atoms with van der Waals surface area (Å²) in [5, 5.41) is 3.29. The van der Waals surface area contributed by atoms with Crippen molar-refractivity contribution in [1.82, 2.24) is 15.0 Å². The molecule has 0 saturated carbocycles. The highest BCUT2D eigenvalue weighted by Gasteiger charge is 2.18. The van der Waals surface area contributed by atoms with Gasteiger partial charge in [0.15, 0.2) is 0 Å². The van der Waals surface area contributed by atoms with E-state index in [9.17, 15) is 0 Å². The van der Waals surface area contributed by atoms with E-state index in [0.717, 1.165) is 33.6 Å². The maximum absolute atomic E-state index is 4.80. The maximum Gasteiger partial charge on any atom is 0.141 e. The van der Waals surface area contributed by atoms with Gasteiger partial charge in [0.2, 0.25) is 0 Å². The summed E-state index contributed by atoms with van der Waals surface area (Å²) in [5.41, 5.74) is 5.45. The minimum absolute atomic E-state index is 0.909. The van der Waals surface area contributed by atoms with Crippen molar-refractivity contribution in [3.8, 4) is 22.0 Å². The first-order valence-electron chi connectivity index (χ1n) is 7.50. The highest BCUT2D eigenvalue weighted by Crippen LogP contribution is 2.39. The Morgan fingerprint density at radius 1 is 0.783 bits per heavy atom. The lowest BCUT2D eigenvalue weighted by Gasteiger charge is -1.99. The molecule has 0 amide bonds. The number of rotatable bonds is 2. The Morgan fingerprint density at radius 2 is 1.61 bits per heavy atom. The van der Waals surface area contributed by atoms with Crippen LogP contribution in [-0.2, 0) is 0 Å². The van der Waals surface area contributed by atoms with Crippen molar-refractivity contribution in [2.45, 2.75) is 0 Å². The van der Waals surface area contributed by atoms with Crippen LogP contribution in [0.3, 0.4) is 0 Å². The Kier molecular flexibility index (Phi) is 2.66. The molecule has 3 heterocycles. The van der Waals surface area contributed by atoms with E-state index < -0.39 is 0 Å². The van der Waals surface area contributed by atoms with E-state index >= 15 is 0 Å². The Bertz CT molecular complexity index is 1080. The van der Waals surface area contributed by atoms with Crippen molar-refractivity contribution in [3.05, 3.63) is 66.0 Å². The number of para-hydroxylation sites is 3. The first-order chi connectivity index (χ1) is 11.4. The van der Waals surface area contributed by atoms with Gasteiger partial charge in [0, 0.05) is 10.9 Å². The molecule has 0 fully saturated rings. The molecule has 0 radical (unpaired) electrons. The number of fused-ring (bicyclic) bond motifs is 2. The molecule has 3 nitrogen and oxygen atoms in total. The van der Waals surface area contributed by atoms with E-state index in [2.05, 4.69) is 57.8 Å². The van der Waals surface area contributed by atoms with Crippen molar-refractivity contribution in [2.24, 2.45) is 0 Å². The monoisotopic (exact) mass is 315 g/mol. The number of aromatic nitrogens is 3. The van der Waals surface area contributed by atoms with E-state index in [1.807, 2.05) is 18.2 Å². The zero-order chi connectivity index (χ0) is 15.2. The lowest BCUT2D eigenvalue weighted by atomic mass is 10.1. The molecule has 0 aliphatic carbocycles. The largest absolute Gasteiger partial charge is 0.353 e. The van der Waals surface area contributed by atoms with Crippen LogP contribution in [0.1, 0.15) is 0 Å². The Hall–Kier alpha value is -2.85. The predicted molar refractivity (Wildman–Crippen MR) is 96.7 cm³/mol. The fourth-order valence-corrected chi connectivity index (χ4v) is 3.80. The smallest absolute Gasteiger partial charge is 0.141 e. The van der Waals surface area contributed by atoms with Gasteiger partial charge < -0.3 is 9.97 Å². The second-order valence-electron chi connectivity index (χ2n) is 5.50. The molecule has 23 heavy (non-hydrogen) atoms. The maximum atomic E-state index is 4.80. The number of H-pyrrole nitrogens is 2. The zero-order valence-electron chi connectivity index (χ0n) is 12.2. The molecule has 0 aliphatic rings. The molecule has 110 valence electrons. The lowest BCUT2D eigenvalue weighted by molar-refractivity contribution is 1.34. The van der Waals surface area contributed by atoms with Crippen LogP contribution < -0.4 is 0 Å². The summed E-state index contributed by atoms with van der Waals surface area (Å²) >= 11 is 1.73. The van der Waals surface area contributed by atoms with Gasteiger partial charge in [-0.25, -0.2) is 4.98 Å². The number of nitrogens with one attached hydrogen (secondary N) is 2. The normalized spacial score (nSPS) is 11.5. The minimum atomic E-state index is 0.909. The van der Waals surface area contributed by atoms with Gasteiger partial charge >= 0.3 is 0 Å². The molecular weight excluding hydrogens is 302 g/mol. The summed E-state index contributed by atoms with van der Waals surface area (Å²) in [6.07, 6.45) is 0. The quantitative estimate of drug-likeness (QED) is 0.447. The van der Waals surface area contributed by atoms with Gasteiger partial charge in [-0.2, -0.15) is 0 Å². The van der Waals surface area contributed by atoms with E-state index in [0.29, 0.717) is 0 Å². The van der Waals surface area contributed by atoms with Crippen molar-refractivity contribution < 1.29 is 0 Å². The Labute approximate surface area is 136 Å². The zero-order valence-corrected chi connectivity index (χ0v) is 13.0. The minimum Gasteiger partial charge on any atom is -0.353 e. The first-order valence-corrected chi connectivity index (χ1v) is 8.38. The van der Waals surface area contributed by atoms with E-state index in [1.54, 1.807) is 11.3 Å². The average Bonchev–Trinajstić information content (AvgIpc) is 3.31. The highest BCUT2D eigenvalue weighted by atomic mass is 32.1. The summed E-state index contributed by atoms with van der Waals surface area (Å²) in [7, 11) is 0. The van der Waals surface area contributed by atoms with Crippen LogP contribution in [0.2, 0.25) is 0 Å². The summed E-state index contributed by atoms with van der Waals surface area (Å²) in [6.45, 7) is 0. The van der Waals surface area contributed by atoms with Gasteiger partial charge in [-0.05, 0) is 29.6 Å². The molecule has 0 atom stereocenters. The molecule has 5 aromatic rings. The molecule has 0 unspecified atom stereocenters. The SMILES string of the molecule is c1csc(-c2[nH]c3ccccc3c2-c2nc3ccccc3[nH]2)c1. The third-order valence-corrected chi connectivity index (χ3v) is 4.99. The molecule has 0 saturated heterocycles. The third-order valence-electron chi connectivity index (χ3n) is 4.10. The number of hydrogen-bond acceptors (Lipinski definition) is 2. The van der Waals surface area contributed by atoms with Crippen LogP contribution in [0, 0.1) is 0 Å². The Balaban J connectivity index is 1.87. The molecule has 2 N–H and O–H groups in total. The van der Waals surface area contributed by atoms with Gasteiger partial charge in [-0.15, -0.1) is 11.3 Å². The number of imidazole rings is 1. The standard InChI is InChI=1S/C19H13N3S/c1-2-7-13-12(6-1)17(18(20-13)16-10-5-11-23-16)19-21-14-8-3-4-9-15(14)22-19/h1-11,20H,(H,21,22). The molecular formula is C19H13N3S. The lowest BCUT2D eigenvalue weighted by Crippen LogP contribution is -1.82. The van der Waals surface area contributed by atoms with Crippen molar-refractivity contribution in [3.63, 3.8) is 0 Å². The van der Waals surface area contributed by atoms with Crippen LogP contribution in [0.4, 0.5) is 0 Å². The summed E-state index contributed by atoms with van der Waals surface area (Å²) in [6, 6.07) is 20.7. The van der Waals surface area contributed by atoms with Gasteiger partial charge in [0.05, 0.1) is 27.2 Å². The number of hydrogen-bond donors (Lipinski definition) is 2. The number of thiophene rings is 1. The summed E-state index contributed by atoms with van der Waals surface area (Å²) in [4.78, 5) is 13.0. The molecule has 5 rings (SSSR count). The molecule has 3 aromatic heterocycles. The van der Waals surface area contributed by atoms with Crippen LogP contribution in [0.5, 0.6) is 0 Å². The molecule has 0 bridgehead atoms. The van der Waals surface area contributed by atoms with E-state index in [-0.39, 0.29) is 0 Å². The second kappa shape index (κ2) is 4.83. The fraction of sp³-hybridized carbons (Fsp3) is 0. The van der Waals surface area contributed by atoms with Gasteiger partial charge in [-0.1, -0.05) is 36.4 Å².